The molecule has 0 saturated carbocycles. The topological polar surface area (TPSA) is 122 Å². The fraction of sp³-hybridized carbons (Fsp3) is 0.435. The number of aliphatic hydroxyl groups is 1. The van der Waals surface area contributed by atoms with Crippen molar-refractivity contribution in [2.45, 2.75) is 43.7 Å². The molecule has 0 spiro atoms. The summed E-state index contributed by atoms with van der Waals surface area (Å²) in [6.07, 6.45) is -0.412. The van der Waals surface area contributed by atoms with Gasteiger partial charge in [0.1, 0.15) is 11.6 Å². The molecule has 0 fully saturated rings. The molecule has 2 aromatic carbocycles. The number of amides is 1. The van der Waals surface area contributed by atoms with E-state index in [1.54, 1.807) is 0 Å². The Morgan fingerprint density at radius 1 is 1.18 bits per heavy atom. The third-order valence-electron chi connectivity index (χ3n) is 5.74. The molecule has 180 valence electrons. The van der Waals surface area contributed by atoms with Crippen molar-refractivity contribution in [1.29, 1.82) is 0 Å². The molecule has 10 heteroatoms. The standard InChI is InChI=1S/C23H29F2N3O4S/c1-2-14-3-4-16-12-33(31,32)13-21(19(16)7-14)27-11-22(29)20(28-23(30)10-26)8-15-5-17(24)9-18(25)6-15/h3-7,9,20-22,27,29H,2,8,10-13,26H2,1H3,(H,28,30)/t20-,21-,22+/m0/s1. The van der Waals surface area contributed by atoms with E-state index in [1.165, 1.54) is 0 Å². The Morgan fingerprint density at radius 2 is 1.88 bits per heavy atom. The number of carbonyl (C=O) groups is 1. The monoisotopic (exact) mass is 481 g/mol. The Labute approximate surface area is 192 Å². The zero-order valence-corrected chi connectivity index (χ0v) is 19.2. The smallest absolute Gasteiger partial charge is 0.234 e. The number of carbonyl (C=O) groups excluding carboxylic acids is 1. The van der Waals surface area contributed by atoms with Gasteiger partial charge >= 0.3 is 0 Å². The van der Waals surface area contributed by atoms with Crippen LogP contribution in [0.2, 0.25) is 0 Å². The molecule has 1 aliphatic rings. The summed E-state index contributed by atoms with van der Waals surface area (Å²) < 4.78 is 52.0. The van der Waals surface area contributed by atoms with Gasteiger partial charge in [-0.25, -0.2) is 17.2 Å². The van der Waals surface area contributed by atoms with E-state index in [0.29, 0.717) is 5.56 Å². The lowest BCUT2D eigenvalue weighted by molar-refractivity contribution is -0.121. The molecule has 1 aliphatic heterocycles. The molecular formula is C23H29F2N3O4S. The van der Waals surface area contributed by atoms with Crippen molar-refractivity contribution in [3.05, 3.63) is 70.3 Å². The van der Waals surface area contributed by atoms with Gasteiger partial charge in [0.05, 0.1) is 30.2 Å². The van der Waals surface area contributed by atoms with E-state index in [0.717, 1.165) is 35.7 Å². The lowest BCUT2D eigenvalue weighted by Crippen LogP contribution is -2.51. The molecule has 2 aromatic rings. The number of aryl methyl sites for hydroxylation is 1. The zero-order valence-electron chi connectivity index (χ0n) is 18.4. The van der Waals surface area contributed by atoms with Gasteiger partial charge in [-0.3, -0.25) is 4.79 Å². The number of nitrogens with two attached hydrogens (primary N) is 1. The van der Waals surface area contributed by atoms with E-state index in [4.69, 9.17) is 5.73 Å². The molecule has 3 rings (SSSR count). The fourth-order valence-corrected chi connectivity index (χ4v) is 5.73. The number of hydrogen-bond acceptors (Lipinski definition) is 6. The number of rotatable bonds is 9. The SMILES string of the molecule is CCc1ccc2c(c1)[C@@H](NC[C@@H](O)[C@H](Cc1cc(F)cc(F)c1)NC(=O)CN)CS(=O)(=O)C2. The van der Waals surface area contributed by atoms with Gasteiger partial charge in [-0.1, -0.05) is 25.1 Å². The summed E-state index contributed by atoms with van der Waals surface area (Å²) in [5.41, 5.74) is 8.28. The average molecular weight is 482 g/mol. The maximum atomic E-state index is 13.6. The number of hydrogen-bond donors (Lipinski definition) is 4. The van der Waals surface area contributed by atoms with Crippen molar-refractivity contribution in [2.24, 2.45) is 5.73 Å². The Hall–Kier alpha value is -2.40. The Kier molecular flexibility index (Phi) is 8.17. The molecule has 5 N–H and O–H groups in total. The molecular weight excluding hydrogens is 452 g/mol. The van der Waals surface area contributed by atoms with Crippen LogP contribution in [0.5, 0.6) is 0 Å². The first kappa shape index (κ1) is 25.2. The van der Waals surface area contributed by atoms with E-state index in [-0.39, 0.29) is 36.6 Å². The van der Waals surface area contributed by atoms with Gasteiger partial charge in [-0.05, 0) is 47.2 Å². The second-order valence-electron chi connectivity index (χ2n) is 8.33. The van der Waals surface area contributed by atoms with Crippen LogP contribution in [-0.2, 0) is 33.2 Å². The quantitative estimate of drug-likeness (QED) is 0.426. The van der Waals surface area contributed by atoms with Crippen LogP contribution >= 0.6 is 0 Å². The van der Waals surface area contributed by atoms with E-state index in [2.05, 4.69) is 10.6 Å². The third-order valence-corrected chi connectivity index (χ3v) is 7.33. The lowest BCUT2D eigenvalue weighted by atomic mass is 9.97. The van der Waals surface area contributed by atoms with Crippen molar-refractivity contribution in [3.8, 4) is 0 Å². The highest BCUT2D eigenvalue weighted by molar-refractivity contribution is 7.90. The van der Waals surface area contributed by atoms with Crippen molar-refractivity contribution in [2.75, 3.05) is 18.8 Å². The number of sulfone groups is 1. The Bertz CT molecular complexity index is 1090. The molecule has 1 heterocycles. The van der Waals surface area contributed by atoms with Gasteiger partial charge < -0.3 is 21.5 Å². The van der Waals surface area contributed by atoms with Crippen LogP contribution in [-0.4, -0.2) is 50.4 Å². The summed E-state index contributed by atoms with van der Waals surface area (Å²) in [5, 5.41) is 16.5. The van der Waals surface area contributed by atoms with Crippen LogP contribution in [0.15, 0.2) is 36.4 Å². The minimum atomic E-state index is -3.33. The van der Waals surface area contributed by atoms with E-state index in [9.17, 15) is 27.1 Å². The highest BCUT2D eigenvalue weighted by atomic mass is 32.2. The van der Waals surface area contributed by atoms with Gasteiger partial charge in [0.15, 0.2) is 9.84 Å². The predicted octanol–water partition coefficient (Wildman–Crippen LogP) is 1.13. The predicted molar refractivity (Wildman–Crippen MR) is 121 cm³/mol. The molecule has 0 saturated heterocycles. The average Bonchev–Trinajstić information content (AvgIpc) is 2.75. The number of nitrogens with one attached hydrogen (secondary N) is 2. The van der Waals surface area contributed by atoms with Gasteiger partial charge in [0.2, 0.25) is 5.91 Å². The highest BCUT2D eigenvalue weighted by Gasteiger charge is 2.31. The lowest BCUT2D eigenvalue weighted by Gasteiger charge is -2.30. The van der Waals surface area contributed by atoms with Crippen LogP contribution in [0.25, 0.3) is 0 Å². The molecule has 0 bridgehead atoms. The first-order chi connectivity index (χ1) is 15.6. The number of halogens is 2. The number of benzene rings is 2. The Morgan fingerprint density at radius 3 is 2.52 bits per heavy atom. The summed E-state index contributed by atoms with van der Waals surface area (Å²) >= 11 is 0. The summed E-state index contributed by atoms with van der Waals surface area (Å²) in [4.78, 5) is 11.9. The van der Waals surface area contributed by atoms with Crippen molar-refractivity contribution in [3.63, 3.8) is 0 Å². The van der Waals surface area contributed by atoms with Crippen molar-refractivity contribution >= 4 is 15.7 Å². The first-order valence-electron chi connectivity index (χ1n) is 10.8. The maximum Gasteiger partial charge on any atom is 0.234 e. The minimum Gasteiger partial charge on any atom is -0.390 e. The molecule has 33 heavy (non-hydrogen) atoms. The molecule has 1 amide bonds. The fourth-order valence-electron chi connectivity index (χ4n) is 4.07. The van der Waals surface area contributed by atoms with Gasteiger partial charge in [-0.2, -0.15) is 0 Å². The van der Waals surface area contributed by atoms with Crippen LogP contribution in [0.1, 0.15) is 35.2 Å². The molecule has 7 nitrogen and oxygen atoms in total. The Balaban J connectivity index is 1.78. The second-order valence-corrected chi connectivity index (χ2v) is 10.4. The number of aliphatic hydroxyl groups excluding tert-OH is 1. The zero-order chi connectivity index (χ0) is 24.2. The maximum absolute atomic E-state index is 13.6. The molecule has 0 unspecified atom stereocenters. The van der Waals surface area contributed by atoms with Crippen LogP contribution in [0.3, 0.4) is 0 Å². The van der Waals surface area contributed by atoms with E-state index < -0.39 is 45.6 Å². The van der Waals surface area contributed by atoms with Crippen LogP contribution in [0.4, 0.5) is 8.78 Å². The molecule has 0 radical (unpaired) electrons. The summed E-state index contributed by atoms with van der Waals surface area (Å²) in [6.45, 7) is 1.64. The summed E-state index contributed by atoms with van der Waals surface area (Å²) in [6, 6.07) is 7.26. The van der Waals surface area contributed by atoms with Gasteiger partial charge in [0, 0.05) is 18.7 Å². The van der Waals surface area contributed by atoms with Crippen LogP contribution < -0.4 is 16.4 Å². The molecule has 3 atom stereocenters. The van der Waals surface area contributed by atoms with E-state index in [1.807, 2.05) is 25.1 Å². The summed E-state index contributed by atoms with van der Waals surface area (Å²) in [5.74, 6) is -2.22. The minimum absolute atomic E-state index is 0.0343. The highest BCUT2D eigenvalue weighted by Crippen LogP contribution is 2.29. The first-order valence-corrected chi connectivity index (χ1v) is 12.6. The third kappa shape index (κ3) is 6.80. The van der Waals surface area contributed by atoms with Crippen LogP contribution in [0, 0.1) is 11.6 Å². The largest absolute Gasteiger partial charge is 0.390 e. The van der Waals surface area contributed by atoms with E-state index >= 15 is 0 Å². The van der Waals surface area contributed by atoms with Gasteiger partial charge in [0.25, 0.3) is 0 Å². The molecule has 0 aromatic heterocycles. The normalized spacial score (nSPS) is 18.9. The number of fused-ring (bicyclic) bond motifs is 1. The van der Waals surface area contributed by atoms with Gasteiger partial charge in [-0.15, -0.1) is 0 Å². The molecule has 0 aliphatic carbocycles. The van der Waals surface area contributed by atoms with Crippen molar-refractivity contribution in [1.82, 2.24) is 10.6 Å². The van der Waals surface area contributed by atoms with Crippen molar-refractivity contribution < 1.29 is 27.1 Å². The second kappa shape index (κ2) is 10.7. The summed E-state index contributed by atoms with van der Waals surface area (Å²) in [7, 11) is -3.33.